The van der Waals surface area contributed by atoms with Gasteiger partial charge in [0.2, 0.25) is 0 Å². The Bertz CT molecular complexity index is 784. The fraction of sp³-hybridized carbons (Fsp3) is 0.118. The Balaban J connectivity index is 2.29. The fourth-order valence-corrected chi connectivity index (χ4v) is 2.33. The average Bonchev–Trinajstić information content (AvgIpc) is 2.54. The largest absolute Gasteiger partial charge is 0.352 e. The number of fused-ring (bicyclic) bond motifs is 1. The predicted octanol–water partition coefficient (Wildman–Crippen LogP) is 3.05. The van der Waals surface area contributed by atoms with Crippen LogP contribution in [0.2, 0.25) is 0 Å². The third kappa shape index (κ3) is 2.48. The molecule has 0 aliphatic carbocycles. The van der Waals surface area contributed by atoms with E-state index < -0.39 is 0 Å². The molecule has 0 bridgehead atoms. The molecule has 0 fully saturated rings. The lowest BCUT2D eigenvalue weighted by Crippen LogP contribution is -2.24. The highest BCUT2D eigenvalue weighted by Gasteiger charge is 2.18. The summed E-state index contributed by atoms with van der Waals surface area (Å²) in [5.41, 5.74) is 2.80. The summed E-state index contributed by atoms with van der Waals surface area (Å²) in [7, 11) is 0. The lowest BCUT2D eigenvalue weighted by Gasteiger charge is -2.11. The van der Waals surface area contributed by atoms with Gasteiger partial charge in [-0.2, -0.15) is 0 Å². The van der Waals surface area contributed by atoms with Crippen molar-refractivity contribution in [1.29, 1.82) is 0 Å². The molecule has 1 amide bonds. The maximum atomic E-state index is 12.5. The van der Waals surface area contributed by atoms with Gasteiger partial charge in [-0.25, -0.2) is 0 Å². The van der Waals surface area contributed by atoms with Gasteiger partial charge in [-0.15, -0.1) is 10.2 Å². The van der Waals surface area contributed by atoms with Crippen LogP contribution in [0.3, 0.4) is 0 Å². The first kappa shape index (κ1) is 13.2. The third-order valence-corrected chi connectivity index (χ3v) is 3.28. The summed E-state index contributed by atoms with van der Waals surface area (Å²) in [6.45, 7) is 2.47. The van der Waals surface area contributed by atoms with Crippen LogP contribution in [-0.4, -0.2) is 22.6 Å². The lowest BCUT2D eigenvalue weighted by molar-refractivity contribution is 0.0957. The van der Waals surface area contributed by atoms with Crippen LogP contribution in [0.5, 0.6) is 0 Å². The van der Waals surface area contributed by atoms with Gasteiger partial charge in [0, 0.05) is 17.5 Å². The molecule has 21 heavy (non-hydrogen) atoms. The van der Waals surface area contributed by atoms with Crippen LogP contribution in [0.15, 0.2) is 54.6 Å². The normalized spacial score (nSPS) is 10.5. The highest BCUT2D eigenvalue weighted by molar-refractivity contribution is 6.10. The topological polar surface area (TPSA) is 54.9 Å². The first-order chi connectivity index (χ1) is 10.3. The molecule has 0 saturated carbocycles. The van der Waals surface area contributed by atoms with Gasteiger partial charge in [0.25, 0.3) is 5.91 Å². The number of amides is 1. The maximum Gasteiger partial charge on any atom is 0.254 e. The fourth-order valence-electron chi connectivity index (χ4n) is 2.33. The molecule has 0 aliphatic rings. The SMILES string of the molecule is CCNC(=O)c1c(-c2ccccc2)nnc2ccccc12. The molecule has 2 aromatic carbocycles. The summed E-state index contributed by atoms with van der Waals surface area (Å²) in [6, 6.07) is 17.2. The van der Waals surface area contributed by atoms with Gasteiger partial charge in [-0.3, -0.25) is 4.79 Å². The maximum absolute atomic E-state index is 12.5. The molecule has 0 unspecified atom stereocenters. The Morgan fingerprint density at radius 3 is 2.48 bits per heavy atom. The van der Waals surface area contributed by atoms with E-state index in [1.807, 2.05) is 61.5 Å². The standard InChI is InChI=1S/C17H15N3O/c1-2-18-17(21)15-13-10-6-7-11-14(13)19-20-16(15)12-8-4-3-5-9-12/h3-11H,2H2,1H3,(H,18,21). The molecule has 104 valence electrons. The number of nitrogens with zero attached hydrogens (tertiary/aromatic N) is 2. The number of carbonyl (C=O) groups is 1. The zero-order valence-electron chi connectivity index (χ0n) is 11.7. The molecule has 1 N–H and O–H groups in total. The van der Waals surface area contributed by atoms with E-state index in [1.54, 1.807) is 0 Å². The van der Waals surface area contributed by atoms with Crippen molar-refractivity contribution in [2.24, 2.45) is 0 Å². The third-order valence-electron chi connectivity index (χ3n) is 3.28. The molecule has 4 nitrogen and oxygen atoms in total. The first-order valence-corrected chi connectivity index (χ1v) is 6.90. The van der Waals surface area contributed by atoms with Gasteiger partial charge >= 0.3 is 0 Å². The molecule has 1 aromatic heterocycles. The van der Waals surface area contributed by atoms with Gasteiger partial charge in [0.1, 0.15) is 5.69 Å². The van der Waals surface area contributed by atoms with Crippen molar-refractivity contribution in [2.45, 2.75) is 6.92 Å². The number of aromatic nitrogens is 2. The molecule has 3 aromatic rings. The second-order valence-electron chi connectivity index (χ2n) is 4.67. The zero-order valence-corrected chi connectivity index (χ0v) is 11.7. The van der Waals surface area contributed by atoms with Crippen molar-refractivity contribution in [3.05, 3.63) is 60.2 Å². The minimum atomic E-state index is -0.123. The summed E-state index contributed by atoms with van der Waals surface area (Å²) >= 11 is 0. The smallest absolute Gasteiger partial charge is 0.254 e. The van der Waals surface area contributed by atoms with Crippen LogP contribution >= 0.6 is 0 Å². The molecule has 1 heterocycles. The molecular formula is C17H15N3O. The number of rotatable bonds is 3. The molecule has 0 spiro atoms. The molecule has 4 heteroatoms. The van der Waals surface area contributed by atoms with E-state index in [4.69, 9.17) is 0 Å². The van der Waals surface area contributed by atoms with E-state index in [-0.39, 0.29) is 5.91 Å². The highest BCUT2D eigenvalue weighted by Crippen LogP contribution is 2.26. The van der Waals surface area contributed by atoms with Crippen LogP contribution in [0.1, 0.15) is 17.3 Å². The van der Waals surface area contributed by atoms with Crippen LogP contribution in [0.25, 0.3) is 22.2 Å². The summed E-state index contributed by atoms with van der Waals surface area (Å²) in [4.78, 5) is 12.5. The van der Waals surface area contributed by atoms with Crippen LogP contribution < -0.4 is 5.32 Å². The monoisotopic (exact) mass is 277 g/mol. The van der Waals surface area contributed by atoms with Crippen molar-refractivity contribution >= 4 is 16.8 Å². The number of benzene rings is 2. The Hall–Kier alpha value is -2.75. The Morgan fingerprint density at radius 1 is 1.00 bits per heavy atom. The number of nitrogens with one attached hydrogen (secondary N) is 1. The Labute approximate surface area is 122 Å². The highest BCUT2D eigenvalue weighted by atomic mass is 16.1. The Kier molecular flexibility index (Phi) is 3.60. The second kappa shape index (κ2) is 5.71. The molecule has 0 aliphatic heterocycles. The average molecular weight is 277 g/mol. The zero-order chi connectivity index (χ0) is 14.7. The van der Waals surface area contributed by atoms with Gasteiger partial charge in [0.15, 0.2) is 0 Å². The van der Waals surface area contributed by atoms with Crippen molar-refractivity contribution < 1.29 is 4.79 Å². The molecule has 0 radical (unpaired) electrons. The van der Waals surface area contributed by atoms with Crippen molar-refractivity contribution in [2.75, 3.05) is 6.54 Å². The number of hydrogen-bond donors (Lipinski definition) is 1. The van der Waals surface area contributed by atoms with E-state index in [0.29, 0.717) is 17.8 Å². The minimum Gasteiger partial charge on any atom is -0.352 e. The van der Waals surface area contributed by atoms with E-state index in [1.165, 1.54) is 0 Å². The van der Waals surface area contributed by atoms with Gasteiger partial charge in [-0.1, -0.05) is 48.5 Å². The van der Waals surface area contributed by atoms with Crippen molar-refractivity contribution in [3.63, 3.8) is 0 Å². The van der Waals surface area contributed by atoms with E-state index in [2.05, 4.69) is 15.5 Å². The van der Waals surface area contributed by atoms with Gasteiger partial charge in [0.05, 0.1) is 11.1 Å². The molecule has 0 atom stereocenters. The van der Waals surface area contributed by atoms with E-state index in [9.17, 15) is 4.79 Å². The molecular weight excluding hydrogens is 262 g/mol. The van der Waals surface area contributed by atoms with Crippen molar-refractivity contribution in [1.82, 2.24) is 15.5 Å². The van der Waals surface area contributed by atoms with Crippen LogP contribution in [0.4, 0.5) is 0 Å². The summed E-state index contributed by atoms with van der Waals surface area (Å²) in [5, 5.41) is 12.2. The number of hydrogen-bond acceptors (Lipinski definition) is 3. The quantitative estimate of drug-likeness (QED) is 0.800. The summed E-state index contributed by atoms with van der Waals surface area (Å²) in [5.74, 6) is -0.123. The molecule has 0 saturated heterocycles. The van der Waals surface area contributed by atoms with Crippen LogP contribution in [-0.2, 0) is 0 Å². The predicted molar refractivity (Wildman–Crippen MR) is 83.0 cm³/mol. The Morgan fingerprint density at radius 2 is 1.71 bits per heavy atom. The lowest BCUT2D eigenvalue weighted by atomic mass is 10.0. The van der Waals surface area contributed by atoms with E-state index in [0.717, 1.165) is 16.5 Å². The minimum absolute atomic E-state index is 0.123. The summed E-state index contributed by atoms with van der Waals surface area (Å²) < 4.78 is 0. The van der Waals surface area contributed by atoms with Gasteiger partial charge < -0.3 is 5.32 Å². The van der Waals surface area contributed by atoms with E-state index >= 15 is 0 Å². The van der Waals surface area contributed by atoms with Gasteiger partial charge in [-0.05, 0) is 13.0 Å². The first-order valence-electron chi connectivity index (χ1n) is 6.90. The van der Waals surface area contributed by atoms with Crippen molar-refractivity contribution in [3.8, 4) is 11.3 Å². The molecule has 3 rings (SSSR count). The second-order valence-corrected chi connectivity index (χ2v) is 4.67. The summed E-state index contributed by atoms with van der Waals surface area (Å²) in [6.07, 6.45) is 0. The number of carbonyl (C=O) groups excluding carboxylic acids is 1. The van der Waals surface area contributed by atoms with Crippen LogP contribution in [0, 0.1) is 0 Å².